The molecule has 0 aromatic heterocycles. The second kappa shape index (κ2) is 2.01. The summed E-state index contributed by atoms with van der Waals surface area (Å²) in [7, 11) is 0. The van der Waals surface area contributed by atoms with E-state index in [9.17, 15) is 0 Å². The molecule has 58 valence electrons. The van der Waals surface area contributed by atoms with Crippen molar-refractivity contribution in [2.24, 2.45) is 10.3 Å². The van der Waals surface area contributed by atoms with Gasteiger partial charge in [-0.05, 0) is 0 Å². The summed E-state index contributed by atoms with van der Waals surface area (Å²) in [6.45, 7) is 0. The fourth-order valence-electron chi connectivity index (χ4n) is 1.12. The van der Waals surface area contributed by atoms with E-state index in [1.165, 1.54) is 0 Å². The summed E-state index contributed by atoms with van der Waals surface area (Å²) in [6, 6.07) is 0. The van der Waals surface area contributed by atoms with Crippen LogP contribution in [0, 0.1) is 0 Å². The minimum atomic E-state index is -0.581. The van der Waals surface area contributed by atoms with E-state index < -0.39 is 11.0 Å². The molecule has 0 N–H and O–H groups in total. The molecular formula is C5H4N2O2S2. The Bertz CT molecular complexity index is 292. The third kappa shape index (κ3) is 0.709. The predicted molar refractivity (Wildman–Crippen MR) is 47.0 cm³/mol. The molecule has 0 spiro atoms. The summed E-state index contributed by atoms with van der Waals surface area (Å²) in [4.78, 5) is 1.10. The molecule has 0 aromatic rings. The lowest BCUT2D eigenvalue weighted by atomic mass is 10.2. The van der Waals surface area contributed by atoms with Crippen LogP contribution in [0.15, 0.2) is 10.3 Å². The fraction of sp³-hybridized carbons (Fsp3) is 0.400. The van der Waals surface area contributed by atoms with Crippen molar-refractivity contribution in [2.45, 2.75) is 0 Å². The smallest absolute Gasteiger partial charge is 0.248 e. The number of oxime groups is 2. The highest BCUT2D eigenvalue weighted by atomic mass is 32.2. The topological polar surface area (TPSA) is 43.2 Å². The molecule has 3 rings (SSSR count). The van der Waals surface area contributed by atoms with E-state index in [4.69, 9.17) is 8.57 Å². The number of rotatable bonds is 0. The van der Waals surface area contributed by atoms with Crippen molar-refractivity contribution in [2.75, 3.05) is 11.5 Å². The summed E-state index contributed by atoms with van der Waals surface area (Å²) >= 11 is 1.21. The lowest BCUT2D eigenvalue weighted by molar-refractivity contribution is 0.311. The van der Waals surface area contributed by atoms with Gasteiger partial charge in [0.2, 0.25) is 11.0 Å². The first-order valence-electron chi connectivity index (χ1n) is 3.13. The molecular weight excluding hydrogens is 184 g/mol. The average Bonchev–Trinajstić information content (AvgIpc) is 2.60. The van der Waals surface area contributed by atoms with Crippen LogP contribution in [0.4, 0.5) is 0 Å². The zero-order valence-electron chi connectivity index (χ0n) is 5.44. The molecule has 3 aliphatic heterocycles. The molecule has 3 aliphatic rings. The second-order valence-corrected chi connectivity index (χ2v) is 4.44. The minimum absolute atomic E-state index is 0.581. The normalized spacial score (nSPS) is 27.1. The van der Waals surface area contributed by atoms with Crippen LogP contribution in [-0.2, 0) is 8.57 Å². The van der Waals surface area contributed by atoms with Crippen molar-refractivity contribution in [1.29, 1.82) is 0 Å². The molecule has 6 heteroatoms. The minimum Gasteiger partial charge on any atom is -0.288 e. The molecule has 0 radical (unpaired) electrons. The van der Waals surface area contributed by atoms with Gasteiger partial charge in [-0.3, -0.25) is 8.57 Å². The molecule has 4 nitrogen and oxygen atoms in total. The Morgan fingerprint density at radius 1 is 1.18 bits per heavy atom. The Balaban J connectivity index is 2.16. The van der Waals surface area contributed by atoms with E-state index in [0.29, 0.717) is 0 Å². The third-order valence-electron chi connectivity index (χ3n) is 1.60. The molecule has 0 aliphatic carbocycles. The Morgan fingerprint density at radius 3 is 2.45 bits per heavy atom. The van der Waals surface area contributed by atoms with Gasteiger partial charge in [0.05, 0.1) is 0 Å². The van der Waals surface area contributed by atoms with Crippen molar-refractivity contribution in [3.8, 4) is 0 Å². The van der Waals surface area contributed by atoms with Crippen molar-refractivity contribution >= 4 is 39.1 Å². The standard InChI is InChI=1S/C5H4N2O2S2/c1-3-5-4(2-10-1)7-9-11(5)8-6-3/h1-2H2. The molecule has 3 heterocycles. The number of thioether (sulfide) groups is 1. The third-order valence-corrected chi connectivity index (χ3v) is 3.78. The summed E-state index contributed by atoms with van der Waals surface area (Å²) < 4.78 is 10.0. The first kappa shape index (κ1) is 6.07. The van der Waals surface area contributed by atoms with Gasteiger partial charge < -0.3 is 0 Å². The highest BCUT2D eigenvalue weighted by Crippen LogP contribution is 2.34. The summed E-state index contributed by atoms with van der Waals surface area (Å²) in [6.07, 6.45) is 0. The van der Waals surface area contributed by atoms with Crippen LogP contribution >= 0.6 is 22.8 Å². The number of hydrogen-bond donors (Lipinski definition) is 0. The van der Waals surface area contributed by atoms with Crippen molar-refractivity contribution < 1.29 is 8.57 Å². The van der Waals surface area contributed by atoms with Gasteiger partial charge in [-0.2, -0.15) is 0 Å². The zero-order chi connectivity index (χ0) is 7.26. The maximum absolute atomic E-state index is 5.02. The molecule has 0 aromatic carbocycles. The molecule has 0 bridgehead atoms. The summed E-state index contributed by atoms with van der Waals surface area (Å²) in [5.74, 6) is 1.86. The zero-order valence-corrected chi connectivity index (χ0v) is 7.07. The SMILES string of the molecule is C1SCC2=NOS3=C2C1=NO3. The maximum Gasteiger partial charge on any atom is 0.248 e. The molecule has 1 fully saturated rings. The van der Waals surface area contributed by atoms with Crippen LogP contribution in [0.3, 0.4) is 0 Å². The lowest BCUT2D eigenvalue weighted by Gasteiger charge is -2.07. The lowest BCUT2D eigenvalue weighted by Crippen LogP contribution is -2.28. The van der Waals surface area contributed by atoms with Gasteiger partial charge in [0.1, 0.15) is 16.3 Å². The van der Waals surface area contributed by atoms with E-state index in [-0.39, 0.29) is 0 Å². The highest BCUT2D eigenvalue weighted by Gasteiger charge is 2.35. The van der Waals surface area contributed by atoms with Crippen molar-refractivity contribution in [1.82, 2.24) is 0 Å². The Labute approximate surface area is 69.9 Å². The van der Waals surface area contributed by atoms with Gasteiger partial charge in [-0.15, -0.1) is 11.8 Å². The van der Waals surface area contributed by atoms with Crippen molar-refractivity contribution in [3.05, 3.63) is 0 Å². The molecule has 0 unspecified atom stereocenters. The maximum atomic E-state index is 5.02. The predicted octanol–water partition coefficient (Wildman–Crippen LogP) is 0.777. The highest BCUT2D eigenvalue weighted by molar-refractivity contribution is 8.12. The summed E-state index contributed by atoms with van der Waals surface area (Å²) in [5.41, 5.74) is 2.03. The molecule has 0 amide bonds. The van der Waals surface area contributed by atoms with Crippen LogP contribution in [-0.4, -0.2) is 27.8 Å². The van der Waals surface area contributed by atoms with Crippen LogP contribution in [0.2, 0.25) is 0 Å². The van der Waals surface area contributed by atoms with E-state index >= 15 is 0 Å². The monoisotopic (exact) mass is 188 g/mol. The van der Waals surface area contributed by atoms with Crippen LogP contribution in [0.1, 0.15) is 0 Å². The van der Waals surface area contributed by atoms with Gasteiger partial charge in [0.25, 0.3) is 0 Å². The van der Waals surface area contributed by atoms with Crippen LogP contribution < -0.4 is 0 Å². The van der Waals surface area contributed by atoms with Crippen LogP contribution in [0.5, 0.6) is 0 Å². The first-order chi connectivity index (χ1) is 5.45. The molecule has 1 saturated heterocycles. The van der Waals surface area contributed by atoms with Gasteiger partial charge >= 0.3 is 0 Å². The van der Waals surface area contributed by atoms with Crippen LogP contribution in [0.25, 0.3) is 0 Å². The molecule has 0 atom stereocenters. The molecule has 11 heavy (non-hydrogen) atoms. The Morgan fingerprint density at radius 2 is 1.82 bits per heavy atom. The average molecular weight is 188 g/mol. The van der Waals surface area contributed by atoms with E-state index in [0.717, 1.165) is 27.8 Å². The van der Waals surface area contributed by atoms with E-state index in [1.54, 1.807) is 11.8 Å². The van der Waals surface area contributed by atoms with Gasteiger partial charge in [0, 0.05) is 11.5 Å². The number of hydrogen-bond acceptors (Lipinski definition) is 5. The summed E-state index contributed by atoms with van der Waals surface area (Å²) in [5, 5.41) is 7.81. The second-order valence-electron chi connectivity index (χ2n) is 2.28. The van der Waals surface area contributed by atoms with Crippen molar-refractivity contribution in [3.63, 3.8) is 0 Å². The Hall–Kier alpha value is -0.490. The number of nitrogens with zero attached hydrogens (tertiary/aromatic N) is 2. The van der Waals surface area contributed by atoms with Gasteiger partial charge in [-0.25, -0.2) is 0 Å². The Kier molecular flexibility index (Phi) is 1.11. The largest absolute Gasteiger partial charge is 0.288 e. The first-order valence-corrected chi connectivity index (χ1v) is 5.36. The van der Waals surface area contributed by atoms with E-state index in [2.05, 4.69) is 10.3 Å². The molecule has 0 saturated carbocycles. The van der Waals surface area contributed by atoms with Gasteiger partial charge in [0.15, 0.2) is 0 Å². The van der Waals surface area contributed by atoms with E-state index in [1.807, 2.05) is 0 Å². The quantitative estimate of drug-likeness (QED) is 0.527. The van der Waals surface area contributed by atoms with Gasteiger partial charge in [-0.1, -0.05) is 10.3 Å². The fourth-order valence-corrected chi connectivity index (χ4v) is 3.28.